The third-order valence-electron chi connectivity index (χ3n) is 9.90. The second-order valence-electron chi connectivity index (χ2n) is 13.7. The maximum Gasteiger partial charge on any atom is 0.247 e. The maximum atomic E-state index is 14.2. The van der Waals surface area contributed by atoms with Gasteiger partial charge in [-0.3, -0.25) is 19.1 Å². The van der Waals surface area contributed by atoms with Gasteiger partial charge in [0.2, 0.25) is 17.7 Å². The second kappa shape index (κ2) is 15.5. The molecule has 1 aliphatic heterocycles. The number of phenols is 1. The summed E-state index contributed by atoms with van der Waals surface area (Å²) in [6.07, 6.45) is 10.6. The third-order valence-corrected chi connectivity index (χ3v) is 9.90. The minimum atomic E-state index is -0.743. The van der Waals surface area contributed by atoms with Crippen LogP contribution in [-0.4, -0.2) is 56.1 Å². The van der Waals surface area contributed by atoms with Crippen LogP contribution in [0.3, 0.4) is 0 Å². The van der Waals surface area contributed by atoms with Crippen molar-refractivity contribution in [2.75, 3.05) is 11.9 Å². The third kappa shape index (κ3) is 8.39. The van der Waals surface area contributed by atoms with Crippen LogP contribution in [0.25, 0.3) is 22.4 Å². The van der Waals surface area contributed by atoms with Crippen LogP contribution >= 0.6 is 0 Å². The number of hydrogen-bond acceptors (Lipinski definition) is 5. The number of phenolic OH excluding ortho intramolecular Hbond substituents is 1. The molecule has 4 aromatic rings. The average molecular weight is 662 g/mol. The number of aryl methyl sites for hydroxylation is 2. The molecule has 0 bridgehead atoms. The molecule has 1 saturated heterocycles. The van der Waals surface area contributed by atoms with E-state index in [0.29, 0.717) is 48.7 Å². The molecule has 9 nitrogen and oxygen atoms in total. The number of nitrogens with zero attached hydrogens (tertiary/aromatic N) is 3. The van der Waals surface area contributed by atoms with Crippen LogP contribution in [0.1, 0.15) is 68.9 Å². The highest BCUT2D eigenvalue weighted by molar-refractivity contribution is 5.99. The van der Waals surface area contributed by atoms with E-state index in [1.807, 2.05) is 86.9 Å². The van der Waals surface area contributed by atoms with E-state index < -0.39 is 12.1 Å². The minimum absolute atomic E-state index is 0.0892. The Bertz CT molecular complexity index is 1760. The van der Waals surface area contributed by atoms with Crippen LogP contribution in [0.2, 0.25) is 0 Å². The largest absolute Gasteiger partial charge is 0.507 e. The van der Waals surface area contributed by atoms with Gasteiger partial charge in [-0.15, -0.1) is 0 Å². The number of aromatic nitrogens is 2. The Labute approximate surface area is 288 Å². The lowest BCUT2D eigenvalue weighted by atomic mass is 9.86. The van der Waals surface area contributed by atoms with Crippen LogP contribution in [0.5, 0.6) is 5.75 Å². The number of anilines is 1. The Balaban J connectivity index is 1.16. The SMILES string of the molecule is Cc1ccc(O)c(-c2nn(C)cc2-c2ccc(NC(=O)C3CCCCN3C(=O)[C@H](Cc3ccccc3)NC(=O)CC3CCCCC3)cc2)c1. The highest BCUT2D eigenvalue weighted by atomic mass is 16.3. The Morgan fingerprint density at radius 1 is 0.898 bits per heavy atom. The van der Waals surface area contributed by atoms with Gasteiger partial charge in [0, 0.05) is 49.4 Å². The van der Waals surface area contributed by atoms with Crippen molar-refractivity contribution in [2.24, 2.45) is 13.0 Å². The lowest BCUT2D eigenvalue weighted by molar-refractivity contribution is -0.143. The van der Waals surface area contributed by atoms with E-state index in [4.69, 9.17) is 0 Å². The molecule has 3 aromatic carbocycles. The van der Waals surface area contributed by atoms with E-state index >= 15 is 0 Å². The number of nitrogens with one attached hydrogen (secondary N) is 2. The van der Waals surface area contributed by atoms with Gasteiger partial charge in [0.25, 0.3) is 0 Å². The van der Waals surface area contributed by atoms with Gasteiger partial charge >= 0.3 is 0 Å². The molecule has 1 unspecified atom stereocenters. The van der Waals surface area contributed by atoms with E-state index in [0.717, 1.165) is 60.8 Å². The number of amides is 3. The molecule has 2 heterocycles. The smallest absolute Gasteiger partial charge is 0.247 e. The van der Waals surface area contributed by atoms with E-state index in [9.17, 15) is 19.5 Å². The molecule has 3 amide bonds. The first-order valence-corrected chi connectivity index (χ1v) is 17.6. The van der Waals surface area contributed by atoms with Gasteiger partial charge in [0.1, 0.15) is 23.5 Å². The van der Waals surface area contributed by atoms with Crippen molar-refractivity contribution in [1.82, 2.24) is 20.0 Å². The average Bonchev–Trinajstić information content (AvgIpc) is 3.51. The number of carbonyl (C=O) groups is 3. The molecule has 49 heavy (non-hydrogen) atoms. The van der Waals surface area contributed by atoms with Gasteiger partial charge < -0.3 is 20.6 Å². The van der Waals surface area contributed by atoms with Crippen LogP contribution < -0.4 is 10.6 Å². The topological polar surface area (TPSA) is 117 Å². The highest BCUT2D eigenvalue weighted by Gasteiger charge is 2.36. The first-order chi connectivity index (χ1) is 23.7. The summed E-state index contributed by atoms with van der Waals surface area (Å²) in [5.74, 6) is -0.0101. The van der Waals surface area contributed by atoms with Crippen LogP contribution in [0.15, 0.2) is 79.0 Å². The molecule has 1 aliphatic carbocycles. The monoisotopic (exact) mass is 661 g/mol. The molecule has 1 saturated carbocycles. The summed E-state index contributed by atoms with van der Waals surface area (Å²) in [7, 11) is 1.85. The van der Waals surface area contributed by atoms with Crippen LogP contribution in [-0.2, 0) is 27.9 Å². The van der Waals surface area contributed by atoms with E-state index in [1.54, 1.807) is 15.6 Å². The molecular formula is C40H47N5O4. The first-order valence-electron chi connectivity index (χ1n) is 17.6. The zero-order chi connectivity index (χ0) is 34.3. The van der Waals surface area contributed by atoms with Crippen molar-refractivity contribution >= 4 is 23.4 Å². The van der Waals surface area contributed by atoms with Crippen molar-refractivity contribution < 1.29 is 19.5 Å². The predicted octanol–water partition coefficient (Wildman–Crippen LogP) is 6.79. The Hall–Kier alpha value is -4.92. The summed E-state index contributed by atoms with van der Waals surface area (Å²) in [5, 5.41) is 21.3. The quantitative estimate of drug-likeness (QED) is 0.173. The molecule has 2 atom stereocenters. The molecule has 0 radical (unpaired) electrons. The normalized spacial score (nSPS) is 17.3. The van der Waals surface area contributed by atoms with Gasteiger partial charge in [-0.2, -0.15) is 5.10 Å². The summed E-state index contributed by atoms with van der Waals surface area (Å²) in [6.45, 7) is 2.44. The number of rotatable bonds is 10. The summed E-state index contributed by atoms with van der Waals surface area (Å²) < 4.78 is 1.72. The molecule has 6 rings (SSSR count). The molecule has 2 fully saturated rings. The minimum Gasteiger partial charge on any atom is -0.507 e. The first kappa shape index (κ1) is 34.0. The van der Waals surface area contributed by atoms with Gasteiger partial charge in [0.15, 0.2) is 0 Å². The fraction of sp³-hybridized carbons (Fsp3) is 0.400. The molecule has 3 N–H and O–H groups in total. The molecule has 2 aliphatic rings. The number of hydrogen-bond donors (Lipinski definition) is 3. The van der Waals surface area contributed by atoms with Crippen molar-refractivity contribution in [3.05, 3.63) is 90.1 Å². The number of piperidine rings is 1. The summed E-state index contributed by atoms with van der Waals surface area (Å²) in [6, 6.07) is 21.3. The second-order valence-corrected chi connectivity index (χ2v) is 13.7. The van der Waals surface area contributed by atoms with Crippen LogP contribution in [0.4, 0.5) is 5.69 Å². The molecule has 1 aromatic heterocycles. The number of carbonyl (C=O) groups excluding carboxylic acids is 3. The Kier molecular flexibility index (Phi) is 10.8. The zero-order valence-electron chi connectivity index (χ0n) is 28.5. The molecule has 9 heteroatoms. The summed E-state index contributed by atoms with van der Waals surface area (Å²) in [4.78, 5) is 42.9. The predicted molar refractivity (Wildman–Crippen MR) is 192 cm³/mol. The van der Waals surface area contributed by atoms with E-state index in [-0.39, 0.29) is 23.5 Å². The number of likely N-dealkylation sites (tertiary alicyclic amines) is 1. The Morgan fingerprint density at radius 3 is 2.39 bits per heavy atom. The zero-order valence-corrected chi connectivity index (χ0v) is 28.5. The number of benzene rings is 3. The van der Waals surface area contributed by atoms with Crippen molar-refractivity contribution in [2.45, 2.75) is 83.2 Å². The van der Waals surface area contributed by atoms with Crippen molar-refractivity contribution in [3.8, 4) is 28.1 Å². The fourth-order valence-corrected chi connectivity index (χ4v) is 7.32. The van der Waals surface area contributed by atoms with Gasteiger partial charge in [0.05, 0.1) is 0 Å². The van der Waals surface area contributed by atoms with Crippen LogP contribution in [0, 0.1) is 12.8 Å². The summed E-state index contributed by atoms with van der Waals surface area (Å²) in [5.41, 5.74) is 5.69. The lowest BCUT2D eigenvalue weighted by Crippen LogP contribution is -2.57. The number of aromatic hydroxyl groups is 1. The molecule has 0 spiro atoms. The van der Waals surface area contributed by atoms with Crippen molar-refractivity contribution in [3.63, 3.8) is 0 Å². The standard InChI is InChI=1S/C40H47N5O4/c1-27-16-21-36(46)32(23-27)38-33(26-44(2)43-38)30-17-19-31(20-18-30)41-39(48)35-15-9-10-22-45(35)40(49)34(24-28-11-5-3-6-12-28)42-37(47)25-29-13-7-4-8-14-29/h3,5-6,11-12,16-21,23,26,29,34-35,46H,4,7-10,13-15,22,24-25H2,1-2H3,(H,41,48)(H,42,47)/t34-,35?/m0/s1. The molecular weight excluding hydrogens is 614 g/mol. The maximum absolute atomic E-state index is 14.2. The molecule has 256 valence electrons. The van der Waals surface area contributed by atoms with E-state index in [1.165, 1.54) is 6.42 Å². The fourth-order valence-electron chi connectivity index (χ4n) is 7.32. The lowest BCUT2D eigenvalue weighted by Gasteiger charge is -2.37. The Morgan fingerprint density at radius 2 is 1.63 bits per heavy atom. The van der Waals surface area contributed by atoms with E-state index in [2.05, 4.69) is 15.7 Å². The van der Waals surface area contributed by atoms with Gasteiger partial charge in [-0.1, -0.05) is 73.4 Å². The van der Waals surface area contributed by atoms with Gasteiger partial charge in [-0.25, -0.2) is 0 Å². The summed E-state index contributed by atoms with van der Waals surface area (Å²) >= 11 is 0. The van der Waals surface area contributed by atoms with Gasteiger partial charge in [-0.05, 0) is 80.3 Å². The van der Waals surface area contributed by atoms with Crippen molar-refractivity contribution in [1.29, 1.82) is 0 Å². The highest BCUT2D eigenvalue weighted by Crippen LogP contribution is 2.36.